The molecular formula is C15H11BrN2O. The fourth-order valence-electron chi connectivity index (χ4n) is 1.89. The highest BCUT2D eigenvalue weighted by molar-refractivity contribution is 9.10. The number of hydrogen-bond acceptors (Lipinski definition) is 3. The summed E-state index contributed by atoms with van der Waals surface area (Å²) in [6, 6.07) is 13.9. The minimum absolute atomic E-state index is 0.496. The highest BCUT2D eigenvalue weighted by Gasteiger charge is 2.07. The van der Waals surface area contributed by atoms with Crippen LogP contribution in [0.2, 0.25) is 0 Å². The fourth-order valence-corrected chi connectivity index (χ4v) is 2.47. The molecule has 1 heterocycles. The van der Waals surface area contributed by atoms with E-state index in [-0.39, 0.29) is 0 Å². The van der Waals surface area contributed by atoms with Crippen LogP contribution in [-0.2, 0) is 0 Å². The summed E-state index contributed by atoms with van der Waals surface area (Å²) < 4.78 is 6.70. The van der Waals surface area contributed by atoms with E-state index in [1.807, 2.05) is 43.3 Å². The molecule has 94 valence electrons. The summed E-state index contributed by atoms with van der Waals surface area (Å²) in [7, 11) is 0. The quantitative estimate of drug-likeness (QED) is 0.699. The predicted molar refractivity (Wildman–Crippen MR) is 78.5 cm³/mol. The van der Waals surface area contributed by atoms with Gasteiger partial charge in [0.25, 0.3) is 0 Å². The highest BCUT2D eigenvalue weighted by atomic mass is 79.9. The number of halogens is 1. The summed E-state index contributed by atoms with van der Waals surface area (Å²) in [6.07, 6.45) is 1.70. The number of hydrogen-bond donors (Lipinski definition) is 0. The van der Waals surface area contributed by atoms with Crippen LogP contribution in [0.15, 0.2) is 53.1 Å². The van der Waals surface area contributed by atoms with Crippen LogP contribution in [-0.4, -0.2) is 10.2 Å². The van der Waals surface area contributed by atoms with Gasteiger partial charge in [0, 0.05) is 6.07 Å². The third-order valence-corrected chi connectivity index (χ3v) is 3.63. The second-order valence-corrected chi connectivity index (χ2v) is 5.07. The van der Waals surface area contributed by atoms with Crippen LogP contribution < -0.4 is 4.74 Å². The first-order chi connectivity index (χ1) is 9.24. The minimum Gasteiger partial charge on any atom is -0.436 e. The number of aryl methyl sites for hydroxylation is 1. The van der Waals surface area contributed by atoms with Crippen LogP contribution >= 0.6 is 15.9 Å². The van der Waals surface area contributed by atoms with Gasteiger partial charge in [-0.3, -0.25) is 0 Å². The number of aromatic nitrogens is 2. The lowest BCUT2D eigenvalue weighted by molar-refractivity contribution is 0.452. The Morgan fingerprint density at radius 3 is 2.79 bits per heavy atom. The Morgan fingerprint density at radius 2 is 1.95 bits per heavy atom. The second kappa shape index (κ2) is 4.97. The Balaban J connectivity index is 2.04. The molecule has 0 radical (unpaired) electrons. The molecule has 2 aromatic carbocycles. The molecule has 0 N–H and O–H groups in total. The number of fused-ring (bicyclic) bond motifs is 1. The third-order valence-electron chi connectivity index (χ3n) is 2.81. The summed E-state index contributed by atoms with van der Waals surface area (Å²) in [5.41, 5.74) is 1.02. The number of nitrogens with zero attached hydrogens (tertiary/aromatic N) is 2. The van der Waals surface area contributed by atoms with Crippen LogP contribution in [0.1, 0.15) is 5.56 Å². The van der Waals surface area contributed by atoms with Gasteiger partial charge < -0.3 is 4.74 Å². The lowest BCUT2D eigenvalue weighted by Crippen LogP contribution is -1.92. The highest BCUT2D eigenvalue weighted by Crippen LogP contribution is 2.35. The average Bonchev–Trinajstić information content (AvgIpc) is 2.42. The van der Waals surface area contributed by atoms with Crippen LogP contribution in [0.4, 0.5) is 0 Å². The summed E-state index contributed by atoms with van der Waals surface area (Å²) in [6.45, 7) is 1.96. The van der Waals surface area contributed by atoms with Gasteiger partial charge in [0.15, 0.2) is 0 Å². The van der Waals surface area contributed by atoms with E-state index in [1.54, 1.807) is 6.20 Å². The molecule has 0 saturated carbocycles. The molecule has 0 aliphatic rings. The summed E-state index contributed by atoms with van der Waals surface area (Å²) in [5, 5.41) is 10.1. The van der Waals surface area contributed by atoms with Crippen LogP contribution in [0.5, 0.6) is 11.6 Å². The normalized spacial score (nSPS) is 10.6. The van der Waals surface area contributed by atoms with E-state index >= 15 is 0 Å². The molecule has 3 rings (SSSR count). The van der Waals surface area contributed by atoms with Crippen molar-refractivity contribution in [2.45, 2.75) is 6.92 Å². The van der Waals surface area contributed by atoms with Gasteiger partial charge in [-0.15, -0.1) is 5.10 Å². The second-order valence-electron chi connectivity index (χ2n) is 4.27. The van der Waals surface area contributed by atoms with Gasteiger partial charge in [-0.05, 0) is 45.3 Å². The molecule has 0 aliphatic heterocycles. The maximum absolute atomic E-state index is 5.78. The molecule has 0 unspecified atom stereocenters. The topological polar surface area (TPSA) is 35.0 Å². The molecule has 3 aromatic rings. The average molecular weight is 315 g/mol. The van der Waals surface area contributed by atoms with Crippen LogP contribution in [0.25, 0.3) is 10.8 Å². The lowest BCUT2D eigenvalue weighted by atomic mass is 10.1. The Bertz CT molecular complexity index is 743. The van der Waals surface area contributed by atoms with Crippen molar-refractivity contribution in [1.29, 1.82) is 0 Å². The third kappa shape index (κ3) is 2.44. The number of ether oxygens (including phenoxy) is 1. The molecule has 0 aliphatic carbocycles. The SMILES string of the molecule is Cc1cnnc(Oc2ccc3ccccc3c2Br)c1. The van der Waals surface area contributed by atoms with Gasteiger partial charge in [-0.25, -0.2) is 0 Å². The van der Waals surface area contributed by atoms with Gasteiger partial charge in [-0.2, -0.15) is 5.10 Å². The first kappa shape index (κ1) is 12.1. The molecule has 0 amide bonds. The minimum atomic E-state index is 0.496. The largest absolute Gasteiger partial charge is 0.436 e. The van der Waals surface area contributed by atoms with E-state index in [0.29, 0.717) is 5.88 Å². The van der Waals surface area contributed by atoms with E-state index in [1.165, 1.54) is 0 Å². The Labute approximate surface area is 119 Å². The molecular weight excluding hydrogens is 304 g/mol. The van der Waals surface area contributed by atoms with Gasteiger partial charge in [0.1, 0.15) is 5.75 Å². The van der Waals surface area contributed by atoms with Crippen LogP contribution in [0.3, 0.4) is 0 Å². The van der Waals surface area contributed by atoms with E-state index in [9.17, 15) is 0 Å². The molecule has 19 heavy (non-hydrogen) atoms. The van der Waals surface area contributed by atoms with Gasteiger partial charge in [0.05, 0.1) is 10.7 Å². The summed E-state index contributed by atoms with van der Waals surface area (Å²) in [4.78, 5) is 0. The summed E-state index contributed by atoms with van der Waals surface area (Å²) in [5.74, 6) is 1.23. The Morgan fingerprint density at radius 1 is 1.11 bits per heavy atom. The fraction of sp³-hybridized carbons (Fsp3) is 0.0667. The standard InChI is InChI=1S/C15H11BrN2O/c1-10-8-14(18-17-9-10)19-13-7-6-11-4-2-3-5-12(11)15(13)16/h2-9H,1H3. The molecule has 0 bridgehead atoms. The molecule has 3 nitrogen and oxygen atoms in total. The van der Waals surface area contributed by atoms with Crippen molar-refractivity contribution in [3.63, 3.8) is 0 Å². The summed E-state index contributed by atoms with van der Waals surface area (Å²) >= 11 is 3.58. The molecule has 0 fully saturated rings. The van der Waals surface area contributed by atoms with E-state index in [0.717, 1.165) is 26.6 Å². The molecule has 1 aromatic heterocycles. The van der Waals surface area contributed by atoms with Crippen LogP contribution in [0, 0.1) is 6.92 Å². The zero-order valence-electron chi connectivity index (χ0n) is 10.3. The molecule has 0 atom stereocenters. The number of rotatable bonds is 2. The van der Waals surface area contributed by atoms with Crippen molar-refractivity contribution in [3.05, 3.63) is 58.7 Å². The van der Waals surface area contributed by atoms with E-state index in [4.69, 9.17) is 4.74 Å². The van der Waals surface area contributed by atoms with Gasteiger partial charge >= 0.3 is 0 Å². The number of benzene rings is 2. The van der Waals surface area contributed by atoms with Gasteiger partial charge in [-0.1, -0.05) is 30.3 Å². The molecule has 0 spiro atoms. The monoisotopic (exact) mass is 314 g/mol. The van der Waals surface area contributed by atoms with Crippen molar-refractivity contribution in [2.75, 3.05) is 0 Å². The van der Waals surface area contributed by atoms with Crippen molar-refractivity contribution >= 4 is 26.7 Å². The Kier molecular flexibility index (Phi) is 3.17. The van der Waals surface area contributed by atoms with Crippen molar-refractivity contribution in [2.24, 2.45) is 0 Å². The molecule has 0 saturated heterocycles. The zero-order chi connectivity index (χ0) is 13.2. The lowest BCUT2D eigenvalue weighted by Gasteiger charge is -2.09. The maximum Gasteiger partial charge on any atom is 0.239 e. The predicted octanol–water partition coefficient (Wildman–Crippen LogP) is 4.49. The van der Waals surface area contributed by atoms with E-state index < -0.39 is 0 Å². The van der Waals surface area contributed by atoms with Crippen molar-refractivity contribution in [3.8, 4) is 11.6 Å². The first-order valence-corrected chi connectivity index (χ1v) is 6.68. The molecule has 4 heteroatoms. The smallest absolute Gasteiger partial charge is 0.239 e. The zero-order valence-corrected chi connectivity index (χ0v) is 11.9. The Hall–Kier alpha value is -1.94. The van der Waals surface area contributed by atoms with Crippen molar-refractivity contribution < 1.29 is 4.74 Å². The van der Waals surface area contributed by atoms with E-state index in [2.05, 4.69) is 32.2 Å². The van der Waals surface area contributed by atoms with Crippen molar-refractivity contribution in [1.82, 2.24) is 10.2 Å². The maximum atomic E-state index is 5.78. The first-order valence-electron chi connectivity index (χ1n) is 5.88. The van der Waals surface area contributed by atoms with Gasteiger partial charge in [0.2, 0.25) is 5.88 Å².